The van der Waals surface area contributed by atoms with Gasteiger partial charge in [-0.25, -0.2) is 4.39 Å². The number of hydrogen-bond donors (Lipinski definition) is 1. The standard InChI is InChI=1S/C19H19FN2/c20-17-6-4-14(5-7-17)12-15-2-1-3-16-13-18-8-9-21-10-11-22(18)19(15)16/h1-7,13,21H,8-12H2. The highest BCUT2D eigenvalue weighted by Crippen LogP contribution is 2.26. The highest BCUT2D eigenvalue weighted by Gasteiger charge is 2.14. The predicted octanol–water partition coefficient (Wildman–Crippen LogP) is 3.52. The Balaban J connectivity index is 1.80. The number of benzene rings is 2. The zero-order valence-electron chi connectivity index (χ0n) is 12.5. The number of nitrogens with zero attached hydrogens (tertiary/aromatic N) is 1. The van der Waals surface area contributed by atoms with Crippen molar-refractivity contribution >= 4 is 10.9 Å². The van der Waals surface area contributed by atoms with Crippen LogP contribution < -0.4 is 5.32 Å². The van der Waals surface area contributed by atoms with Gasteiger partial charge < -0.3 is 9.88 Å². The number of fused-ring (bicyclic) bond motifs is 3. The summed E-state index contributed by atoms with van der Waals surface area (Å²) >= 11 is 0. The van der Waals surface area contributed by atoms with E-state index in [4.69, 9.17) is 0 Å². The van der Waals surface area contributed by atoms with Gasteiger partial charge in [0.25, 0.3) is 0 Å². The van der Waals surface area contributed by atoms with Gasteiger partial charge in [-0.15, -0.1) is 0 Å². The van der Waals surface area contributed by atoms with Crippen molar-refractivity contribution < 1.29 is 4.39 Å². The van der Waals surface area contributed by atoms with Crippen molar-refractivity contribution in [3.8, 4) is 0 Å². The molecular formula is C19H19FN2. The van der Waals surface area contributed by atoms with E-state index in [0.717, 1.165) is 38.0 Å². The lowest BCUT2D eigenvalue weighted by atomic mass is 10.0. The number of rotatable bonds is 2. The molecule has 1 aromatic heterocycles. The van der Waals surface area contributed by atoms with Crippen molar-refractivity contribution in [1.29, 1.82) is 0 Å². The van der Waals surface area contributed by atoms with Crippen LogP contribution in [0.25, 0.3) is 10.9 Å². The van der Waals surface area contributed by atoms with Gasteiger partial charge in [-0.2, -0.15) is 0 Å². The average molecular weight is 294 g/mol. The van der Waals surface area contributed by atoms with Gasteiger partial charge in [-0.3, -0.25) is 0 Å². The molecule has 2 nitrogen and oxygen atoms in total. The molecule has 112 valence electrons. The topological polar surface area (TPSA) is 17.0 Å². The summed E-state index contributed by atoms with van der Waals surface area (Å²) < 4.78 is 15.5. The summed E-state index contributed by atoms with van der Waals surface area (Å²) in [5, 5.41) is 4.77. The lowest BCUT2D eigenvalue weighted by molar-refractivity contribution is 0.627. The molecule has 0 aliphatic carbocycles. The first-order valence-corrected chi connectivity index (χ1v) is 7.86. The fourth-order valence-electron chi connectivity index (χ4n) is 3.42. The van der Waals surface area contributed by atoms with Gasteiger partial charge in [0, 0.05) is 37.1 Å². The van der Waals surface area contributed by atoms with Gasteiger partial charge in [0.2, 0.25) is 0 Å². The summed E-state index contributed by atoms with van der Waals surface area (Å²) in [6.07, 6.45) is 1.92. The first-order valence-electron chi connectivity index (χ1n) is 7.86. The van der Waals surface area contributed by atoms with E-state index in [1.54, 1.807) is 0 Å². The van der Waals surface area contributed by atoms with E-state index in [1.165, 1.54) is 34.3 Å². The fourth-order valence-corrected chi connectivity index (χ4v) is 3.42. The predicted molar refractivity (Wildman–Crippen MR) is 87.7 cm³/mol. The quantitative estimate of drug-likeness (QED) is 0.765. The molecule has 0 radical (unpaired) electrons. The average Bonchev–Trinajstić information content (AvgIpc) is 2.73. The SMILES string of the molecule is Fc1ccc(Cc2cccc3cc4n(c23)CCNCC4)cc1. The van der Waals surface area contributed by atoms with Crippen molar-refractivity contribution in [3.05, 3.63) is 71.2 Å². The molecule has 1 aliphatic heterocycles. The van der Waals surface area contributed by atoms with Crippen LogP contribution in [0, 0.1) is 5.82 Å². The van der Waals surface area contributed by atoms with Crippen LogP contribution in [-0.4, -0.2) is 17.7 Å². The van der Waals surface area contributed by atoms with Crippen molar-refractivity contribution in [2.75, 3.05) is 13.1 Å². The van der Waals surface area contributed by atoms with Crippen molar-refractivity contribution in [2.45, 2.75) is 19.4 Å². The second-order valence-electron chi connectivity index (χ2n) is 5.95. The normalized spacial score (nSPS) is 14.8. The van der Waals surface area contributed by atoms with Crippen LogP contribution in [0.3, 0.4) is 0 Å². The van der Waals surface area contributed by atoms with Gasteiger partial charge in [0.15, 0.2) is 0 Å². The van der Waals surface area contributed by atoms with Gasteiger partial charge in [-0.05, 0) is 35.7 Å². The van der Waals surface area contributed by atoms with E-state index in [0.29, 0.717) is 0 Å². The van der Waals surface area contributed by atoms with Crippen LogP contribution in [0.4, 0.5) is 4.39 Å². The molecule has 0 unspecified atom stereocenters. The smallest absolute Gasteiger partial charge is 0.123 e. The first kappa shape index (κ1) is 13.5. The molecule has 22 heavy (non-hydrogen) atoms. The van der Waals surface area contributed by atoms with E-state index in [9.17, 15) is 4.39 Å². The number of aromatic nitrogens is 1. The molecule has 0 bridgehead atoms. The zero-order chi connectivity index (χ0) is 14.9. The van der Waals surface area contributed by atoms with Crippen molar-refractivity contribution in [1.82, 2.24) is 9.88 Å². The van der Waals surface area contributed by atoms with Gasteiger partial charge in [-0.1, -0.05) is 30.3 Å². The third-order valence-corrected chi connectivity index (χ3v) is 4.47. The third kappa shape index (κ3) is 2.42. The molecular weight excluding hydrogens is 275 g/mol. The molecule has 0 amide bonds. The first-order chi connectivity index (χ1) is 10.8. The maximum Gasteiger partial charge on any atom is 0.123 e. The molecule has 1 aliphatic rings. The minimum Gasteiger partial charge on any atom is -0.343 e. The lowest BCUT2D eigenvalue weighted by Crippen LogP contribution is -2.17. The molecule has 1 N–H and O–H groups in total. The lowest BCUT2D eigenvalue weighted by Gasteiger charge is -2.11. The summed E-state index contributed by atoms with van der Waals surface area (Å²) in [6.45, 7) is 3.07. The maximum absolute atomic E-state index is 13.1. The van der Waals surface area contributed by atoms with Crippen LogP contribution in [0.15, 0.2) is 48.5 Å². The van der Waals surface area contributed by atoms with Crippen LogP contribution in [0.5, 0.6) is 0 Å². The van der Waals surface area contributed by atoms with E-state index in [1.807, 2.05) is 12.1 Å². The molecule has 3 heteroatoms. The zero-order valence-corrected chi connectivity index (χ0v) is 12.5. The summed E-state index contributed by atoms with van der Waals surface area (Å²) in [4.78, 5) is 0. The second-order valence-corrected chi connectivity index (χ2v) is 5.95. The second kappa shape index (κ2) is 5.58. The minimum atomic E-state index is -0.176. The number of hydrogen-bond acceptors (Lipinski definition) is 1. The molecule has 2 heterocycles. The summed E-state index contributed by atoms with van der Waals surface area (Å²) in [5.41, 5.74) is 5.21. The molecule has 3 aromatic rings. The molecule has 0 fully saturated rings. The monoisotopic (exact) mass is 294 g/mol. The van der Waals surface area contributed by atoms with E-state index in [2.05, 4.69) is 34.1 Å². The van der Waals surface area contributed by atoms with Gasteiger partial charge in [0.05, 0.1) is 5.52 Å². The molecule has 0 atom stereocenters. The fraction of sp³-hybridized carbons (Fsp3) is 0.263. The Kier molecular flexibility index (Phi) is 3.43. The van der Waals surface area contributed by atoms with Crippen LogP contribution in [0.1, 0.15) is 16.8 Å². The van der Waals surface area contributed by atoms with Gasteiger partial charge in [0.1, 0.15) is 5.82 Å². The molecule has 0 spiro atoms. The summed E-state index contributed by atoms with van der Waals surface area (Å²) in [6, 6.07) is 15.7. The third-order valence-electron chi connectivity index (χ3n) is 4.47. The Morgan fingerprint density at radius 2 is 1.91 bits per heavy atom. The van der Waals surface area contributed by atoms with E-state index in [-0.39, 0.29) is 5.82 Å². The minimum absolute atomic E-state index is 0.176. The van der Waals surface area contributed by atoms with Crippen molar-refractivity contribution in [3.63, 3.8) is 0 Å². The molecule has 0 saturated carbocycles. The van der Waals surface area contributed by atoms with Crippen LogP contribution >= 0.6 is 0 Å². The number of halogens is 1. The largest absolute Gasteiger partial charge is 0.343 e. The molecule has 2 aromatic carbocycles. The van der Waals surface area contributed by atoms with Crippen molar-refractivity contribution in [2.24, 2.45) is 0 Å². The van der Waals surface area contributed by atoms with Gasteiger partial charge >= 0.3 is 0 Å². The Bertz CT molecular complexity index is 802. The Morgan fingerprint density at radius 3 is 2.77 bits per heavy atom. The molecule has 4 rings (SSSR count). The van der Waals surface area contributed by atoms with Crippen LogP contribution in [0.2, 0.25) is 0 Å². The Labute approximate surface area is 129 Å². The summed E-state index contributed by atoms with van der Waals surface area (Å²) in [5.74, 6) is -0.176. The Morgan fingerprint density at radius 1 is 1.05 bits per heavy atom. The number of nitrogens with one attached hydrogen (secondary N) is 1. The highest BCUT2D eigenvalue weighted by molar-refractivity contribution is 5.85. The van der Waals surface area contributed by atoms with Crippen LogP contribution in [-0.2, 0) is 19.4 Å². The maximum atomic E-state index is 13.1. The highest BCUT2D eigenvalue weighted by atomic mass is 19.1. The molecule has 0 saturated heterocycles. The number of para-hydroxylation sites is 1. The van der Waals surface area contributed by atoms with E-state index < -0.39 is 0 Å². The Hall–Kier alpha value is -2.13. The van der Waals surface area contributed by atoms with E-state index >= 15 is 0 Å². The summed E-state index contributed by atoms with van der Waals surface area (Å²) in [7, 11) is 0.